The fourth-order valence-electron chi connectivity index (χ4n) is 3.75. The molecular formula is C21H26ClN5O2. The van der Waals surface area contributed by atoms with Crippen LogP contribution in [0.3, 0.4) is 0 Å². The predicted octanol–water partition coefficient (Wildman–Crippen LogP) is 3.68. The summed E-state index contributed by atoms with van der Waals surface area (Å²) in [6, 6.07) is 3.90. The summed E-state index contributed by atoms with van der Waals surface area (Å²) >= 11 is 6.88. The molecule has 0 aliphatic carbocycles. The molecule has 0 bridgehead atoms. The van der Waals surface area contributed by atoms with E-state index in [0.29, 0.717) is 37.1 Å². The van der Waals surface area contributed by atoms with Crippen LogP contribution in [0.5, 0.6) is 5.75 Å². The third-order valence-electron chi connectivity index (χ3n) is 5.11. The SMILES string of the molecule is CNc1cc(C)nc(Nc2cc3c(c(N4CC=CCC(O)C4)c2Cl)OCCC3)n1. The van der Waals surface area contributed by atoms with E-state index in [1.165, 1.54) is 0 Å². The van der Waals surface area contributed by atoms with Crippen molar-refractivity contribution >= 4 is 34.7 Å². The Morgan fingerprint density at radius 1 is 1.28 bits per heavy atom. The third-order valence-corrected chi connectivity index (χ3v) is 5.49. The molecule has 2 aliphatic heterocycles. The molecule has 3 heterocycles. The van der Waals surface area contributed by atoms with E-state index in [1.54, 1.807) is 0 Å². The minimum absolute atomic E-state index is 0.445. The standard InChI is InChI=1S/C21H26ClN5O2/c1-13-10-17(23-2)26-21(24-13)25-16-11-14-6-5-9-29-20(14)19(18(16)22)27-8-4-3-7-15(28)12-27/h3-4,10-11,15,28H,5-9,12H2,1-2H3,(H2,23,24,25,26). The quantitative estimate of drug-likeness (QED) is 0.657. The number of aryl methyl sites for hydroxylation is 2. The van der Waals surface area contributed by atoms with Crippen LogP contribution in [0, 0.1) is 6.92 Å². The first kappa shape index (κ1) is 19.8. The van der Waals surface area contributed by atoms with Crippen LogP contribution in [0.4, 0.5) is 23.1 Å². The summed E-state index contributed by atoms with van der Waals surface area (Å²) in [6.07, 6.45) is 6.13. The third kappa shape index (κ3) is 4.26. The van der Waals surface area contributed by atoms with Crippen LogP contribution in [-0.4, -0.2) is 47.9 Å². The van der Waals surface area contributed by atoms with Gasteiger partial charge in [0.15, 0.2) is 0 Å². The van der Waals surface area contributed by atoms with E-state index < -0.39 is 6.10 Å². The molecule has 0 saturated carbocycles. The van der Waals surface area contributed by atoms with Gasteiger partial charge in [0.25, 0.3) is 0 Å². The number of anilines is 4. The second-order valence-electron chi connectivity index (χ2n) is 7.39. The van der Waals surface area contributed by atoms with Crippen LogP contribution in [0.1, 0.15) is 24.1 Å². The van der Waals surface area contributed by atoms with E-state index in [4.69, 9.17) is 16.3 Å². The number of aromatic nitrogens is 2. The number of nitrogens with zero attached hydrogens (tertiary/aromatic N) is 3. The van der Waals surface area contributed by atoms with Gasteiger partial charge in [-0.3, -0.25) is 0 Å². The molecule has 0 spiro atoms. The fourth-order valence-corrected chi connectivity index (χ4v) is 4.06. The Balaban J connectivity index is 1.77. The van der Waals surface area contributed by atoms with E-state index in [1.807, 2.05) is 32.2 Å². The van der Waals surface area contributed by atoms with Gasteiger partial charge < -0.3 is 25.4 Å². The van der Waals surface area contributed by atoms with Gasteiger partial charge in [0, 0.05) is 31.9 Å². The van der Waals surface area contributed by atoms with Crippen molar-refractivity contribution in [1.29, 1.82) is 0 Å². The van der Waals surface area contributed by atoms with Gasteiger partial charge in [-0.05, 0) is 37.8 Å². The highest BCUT2D eigenvalue weighted by Gasteiger charge is 2.27. The molecule has 7 nitrogen and oxygen atoms in total. The molecule has 0 amide bonds. The molecule has 3 N–H and O–H groups in total. The molecule has 2 aromatic rings. The van der Waals surface area contributed by atoms with E-state index in [2.05, 4.69) is 31.6 Å². The van der Waals surface area contributed by atoms with Crippen LogP contribution in [0.2, 0.25) is 5.02 Å². The summed E-state index contributed by atoms with van der Waals surface area (Å²) in [5.41, 5.74) is 3.51. The van der Waals surface area contributed by atoms with Crippen LogP contribution < -0.4 is 20.3 Å². The normalized spacial score (nSPS) is 18.6. The Morgan fingerprint density at radius 3 is 2.97 bits per heavy atom. The number of rotatable bonds is 4. The lowest BCUT2D eigenvalue weighted by molar-refractivity contribution is 0.185. The Labute approximate surface area is 175 Å². The van der Waals surface area contributed by atoms with Crippen molar-refractivity contribution in [1.82, 2.24) is 9.97 Å². The van der Waals surface area contributed by atoms with Gasteiger partial charge in [-0.25, -0.2) is 4.98 Å². The number of benzene rings is 1. The molecular weight excluding hydrogens is 390 g/mol. The minimum atomic E-state index is -0.445. The lowest BCUT2D eigenvalue weighted by Gasteiger charge is -2.31. The smallest absolute Gasteiger partial charge is 0.229 e. The zero-order valence-corrected chi connectivity index (χ0v) is 17.5. The van der Waals surface area contributed by atoms with Crippen LogP contribution in [0.25, 0.3) is 0 Å². The summed E-state index contributed by atoms with van der Waals surface area (Å²) in [4.78, 5) is 11.0. The summed E-state index contributed by atoms with van der Waals surface area (Å²) in [5.74, 6) is 2.03. The maximum atomic E-state index is 10.3. The Kier molecular flexibility index (Phi) is 5.78. The van der Waals surface area contributed by atoms with Gasteiger partial charge in [0.05, 0.1) is 23.4 Å². The summed E-state index contributed by atoms with van der Waals surface area (Å²) < 4.78 is 6.02. The Morgan fingerprint density at radius 2 is 2.14 bits per heavy atom. The molecule has 1 unspecified atom stereocenters. The fraction of sp³-hybridized carbons (Fsp3) is 0.429. The van der Waals surface area contributed by atoms with Crippen LogP contribution in [0.15, 0.2) is 24.3 Å². The number of aliphatic hydroxyl groups excluding tert-OH is 1. The molecule has 8 heteroatoms. The van der Waals surface area contributed by atoms with Gasteiger partial charge in [-0.15, -0.1) is 0 Å². The van der Waals surface area contributed by atoms with Gasteiger partial charge in [-0.2, -0.15) is 4.98 Å². The van der Waals surface area contributed by atoms with Gasteiger partial charge in [0.1, 0.15) is 17.3 Å². The maximum absolute atomic E-state index is 10.3. The molecule has 1 atom stereocenters. The average molecular weight is 416 g/mol. The number of halogens is 1. The van der Waals surface area contributed by atoms with Crippen molar-refractivity contribution in [2.45, 2.75) is 32.3 Å². The molecule has 29 heavy (non-hydrogen) atoms. The lowest BCUT2D eigenvalue weighted by Crippen LogP contribution is -2.32. The zero-order valence-electron chi connectivity index (χ0n) is 16.7. The monoisotopic (exact) mass is 415 g/mol. The molecule has 0 radical (unpaired) electrons. The van der Waals surface area contributed by atoms with E-state index in [9.17, 15) is 5.11 Å². The van der Waals surface area contributed by atoms with Crippen molar-refractivity contribution < 1.29 is 9.84 Å². The molecule has 154 valence electrons. The predicted molar refractivity (Wildman–Crippen MR) is 117 cm³/mol. The number of aliphatic hydroxyl groups is 1. The van der Waals surface area contributed by atoms with Crippen molar-refractivity contribution in [3.05, 3.63) is 40.6 Å². The van der Waals surface area contributed by atoms with E-state index in [0.717, 1.165) is 47.0 Å². The first-order valence-corrected chi connectivity index (χ1v) is 10.3. The Bertz CT molecular complexity index is 934. The Hall–Kier alpha value is -2.51. The second-order valence-corrected chi connectivity index (χ2v) is 7.76. The van der Waals surface area contributed by atoms with Crippen molar-refractivity contribution in [2.75, 3.05) is 42.3 Å². The zero-order chi connectivity index (χ0) is 20.4. The summed E-state index contributed by atoms with van der Waals surface area (Å²) in [5, 5.41) is 17.2. The van der Waals surface area contributed by atoms with Crippen LogP contribution >= 0.6 is 11.6 Å². The lowest BCUT2D eigenvalue weighted by atomic mass is 10.0. The molecule has 4 rings (SSSR count). The minimum Gasteiger partial charge on any atom is -0.491 e. The highest BCUT2D eigenvalue weighted by Crippen LogP contribution is 2.46. The molecule has 2 aliphatic rings. The number of nitrogens with one attached hydrogen (secondary N) is 2. The van der Waals surface area contributed by atoms with Crippen molar-refractivity contribution in [3.8, 4) is 5.75 Å². The number of ether oxygens (including phenoxy) is 1. The van der Waals surface area contributed by atoms with E-state index in [-0.39, 0.29) is 0 Å². The van der Waals surface area contributed by atoms with Gasteiger partial charge in [-0.1, -0.05) is 23.8 Å². The topological polar surface area (TPSA) is 82.5 Å². The first-order chi connectivity index (χ1) is 14.0. The number of hydrogen-bond acceptors (Lipinski definition) is 7. The number of hydrogen-bond donors (Lipinski definition) is 3. The first-order valence-electron chi connectivity index (χ1n) is 9.92. The maximum Gasteiger partial charge on any atom is 0.229 e. The van der Waals surface area contributed by atoms with Crippen LogP contribution in [-0.2, 0) is 6.42 Å². The molecule has 0 fully saturated rings. The summed E-state index contributed by atoms with van der Waals surface area (Å²) in [6.45, 7) is 3.76. The molecule has 0 saturated heterocycles. The molecule has 1 aromatic carbocycles. The average Bonchev–Trinajstić information content (AvgIpc) is 2.92. The van der Waals surface area contributed by atoms with Crippen molar-refractivity contribution in [2.24, 2.45) is 0 Å². The second kappa shape index (κ2) is 8.47. The van der Waals surface area contributed by atoms with E-state index >= 15 is 0 Å². The number of β-amino-alcohol motifs (C(OH)–C–C–N with tert-alkyl or cyclic N) is 1. The largest absolute Gasteiger partial charge is 0.491 e. The van der Waals surface area contributed by atoms with Gasteiger partial charge in [0.2, 0.25) is 5.95 Å². The van der Waals surface area contributed by atoms with Crippen molar-refractivity contribution in [3.63, 3.8) is 0 Å². The summed E-state index contributed by atoms with van der Waals surface area (Å²) in [7, 11) is 1.82. The van der Waals surface area contributed by atoms with Gasteiger partial charge >= 0.3 is 0 Å². The number of fused-ring (bicyclic) bond motifs is 1. The highest BCUT2D eigenvalue weighted by atomic mass is 35.5. The highest BCUT2D eigenvalue weighted by molar-refractivity contribution is 6.36. The molecule has 1 aromatic heterocycles.